The van der Waals surface area contributed by atoms with Crippen LogP contribution in [0.25, 0.3) is 28.2 Å². The van der Waals surface area contributed by atoms with Gasteiger partial charge in [-0.1, -0.05) is 5.21 Å². The van der Waals surface area contributed by atoms with Crippen LogP contribution < -0.4 is 16.0 Å². The highest BCUT2D eigenvalue weighted by atomic mass is 16.5. The number of methoxy groups -OCH3 is 1. The standard InChI is InChI=1S/C34H43N11O4/c1-35-17-23-15-27-7-8-32(45(27)38-19-23)30-16-29(39-25-13-22(14-25)18-37-34(47)48-2)28(20-36-30)31-21-44(42-41-31)26-5-3-24(4-6-26)40-33(46)43-9-11-49-12-10-43/h7-8,15-17,19-22,24-26H,3-6,9-14,18H2,1-2H3,(H,36,39)(H,37,47)(H,40,46). The van der Waals surface area contributed by atoms with Crippen LogP contribution in [0.5, 0.6) is 0 Å². The van der Waals surface area contributed by atoms with Gasteiger partial charge in [0, 0.05) is 68.0 Å². The van der Waals surface area contributed by atoms with Crippen LogP contribution in [-0.4, -0.2) is 112 Å². The highest BCUT2D eigenvalue weighted by Gasteiger charge is 2.31. The molecule has 15 heteroatoms. The van der Waals surface area contributed by atoms with Gasteiger partial charge in [-0.15, -0.1) is 5.10 Å². The number of aromatic nitrogens is 6. The molecule has 1 saturated heterocycles. The van der Waals surface area contributed by atoms with E-state index >= 15 is 0 Å². The number of nitrogens with zero attached hydrogens (tertiary/aromatic N) is 8. The molecule has 0 atom stereocenters. The Kier molecular flexibility index (Phi) is 9.68. The molecule has 1 aliphatic heterocycles. The Morgan fingerprint density at radius 3 is 2.65 bits per heavy atom. The minimum absolute atomic E-state index is 0.00269. The van der Waals surface area contributed by atoms with Crippen molar-refractivity contribution in [1.82, 2.24) is 45.1 Å². The minimum Gasteiger partial charge on any atom is -0.453 e. The van der Waals surface area contributed by atoms with E-state index in [4.69, 9.17) is 14.5 Å². The smallest absolute Gasteiger partial charge is 0.406 e. The summed E-state index contributed by atoms with van der Waals surface area (Å²) in [6, 6.07) is 8.74. The van der Waals surface area contributed by atoms with Crippen LogP contribution >= 0.6 is 0 Å². The average molecular weight is 670 g/mol. The van der Waals surface area contributed by atoms with Gasteiger partial charge in [0.1, 0.15) is 5.69 Å². The zero-order valence-electron chi connectivity index (χ0n) is 27.9. The lowest BCUT2D eigenvalue weighted by atomic mass is 9.80. The third kappa shape index (κ3) is 7.36. The number of pyridine rings is 1. The Morgan fingerprint density at radius 1 is 1.06 bits per heavy atom. The fourth-order valence-electron chi connectivity index (χ4n) is 6.98. The highest BCUT2D eigenvalue weighted by Crippen LogP contribution is 2.36. The van der Waals surface area contributed by atoms with Crippen molar-refractivity contribution >= 4 is 29.5 Å². The van der Waals surface area contributed by atoms with Gasteiger partial charge in [-0.05, 0) is 68.7 Å². The number of morpholine rings is 1. The quantitative estimate of drug-likeness (QED) is 0.225. The molecule has 5 heterocycles. The number of aliphatic imine (C=N–C) groups is 1. The largest absolute Gasteiger partial charge is 0.453 e. The number of hydrogen-bond acceptors (Lipinski definition) is 10. The lowest BCUT2D eigenvalue weighted by molar-refractivity contribution is 0.0519. The van der Waals surface area contributed by atoms with Crippen LogP contribution in [0, 0.1) is 5.92 Å². The number of urea groups is 1. The number of amides is 3. The topological polar surface area (TPSA) is 165 Å². The Balaban J connectivity index is 1.07. The van der Waals surface area contributed by atoms with Crippen molar-refractivity contribution < 1.29 is 19.1 Å². The molecule has 3 fully saturated rings. The summed E-state index contributed by atoms with van der Waals surface area (Å²) in [5.41, 5.74) is 6.07. The van der Waals surface area contributed by atoms with Gasteiger partial charge >= 0.3 is 12.1 Å². The maximum atomic E-state index is 12.7. The molecule has 49 heavy (non-hydrogen) atoms. The average Bonchev–Trinajstić information content (AvgIpc) is 3.78. The highest BCUT2D eigenvalue weighted by molar-refractivity contribution is 5.82. The fraction of sp³-hybridized carbons (Fsp3) is 0.500. The van der Waals surface area contributed by atoms with Crippen molar-refractivity contribution in [3.8, 4) is 22.6 Å². The van der Waals surface area contributed by atoms with Gasteiger partial charge in [-0.3, -0.25) is 9.98 Å². The molecule has 0 spiro atoms. The number of carbonyl (C=O) groups excluding carboxylic acids is 2. The van der Waals surface area contributed by atoms with Gasteiger partial charge in [0.2, 0.25) is 0 Å². The van der Waals surface area contributed by atoms with Crippen molar-refractivity contribution in [3.05, 3.63) is 48.4 Å². The molecule has 3 amide bonds. The molecule has 3 N–H and O–H groups in total. The van der Waals surface area contributed by atoms with Gasteiger partial charge in [0.15, 0.2) is 0 Å². The van der Waals surface area contributed by atoms with Crippen LogP contribution in [0.4, 0.5) is 15.3 Å². The Morgan fingerprint density at radius 2 is 1.88 bits per heavy atom. The first-order valence-electron chi connectivity index (χ1n) is 17.0. The number of alkyl carbamates (subject to hydrolysis) is 1. The number of carbonyl (C=O) groups is 2. The van der Waals surface area contributed by atoms with Crippen molar-refractivity contribution in [2.24, 2.45) is 10.9 Å². The monoisotopic (exact) mass is 669 g/mol. The fourth-order valence-corrected chi connectivity index (χ4v) is 6.98. The predicted octanol–water partition coefficient (Wildman–Crippen LogP) is 3.78. The van der Waals surface area contributed by atoms with Crippen LogP contribution in [0.3, 0.4) is 0 Å². The number of hydrogen-bond donors (Lipinski definition) is 3. The predicted molar refractivity (Wildman–Crippen MR) is 184 cm³/mol. The molecule has 258 valence electrons. The zero-order chi connectivity index (χ0) is 33.7. The summed E-state index contributed by atoms with van der Waals surface area (Å²) in [5, 5.41) is 23.6. The van der Waals surface area contributed by atoms with E-state index in [-0.39, 0.29) is 24.2 Å². The second kappa shape index (κ2) is 14.6. The van der Waals surface area contributed by atoms with Gasteiger partial charge in [-0.25, -0.2) is 18.8 Å². The van der Waals surface area contributed by atoms with Crippen molar-refractivity contribution in [3.63, 3.8) is 0 Å². The summed E-state index contributed by atoms with van der Waals surface area (Å²) in [6.07, 6.45) is 12.4. The molecule has 4 aromatic heterocycles. The first-order chi connectivity index (χ1) is 24.0. The molecular formula is C34H43N11O4. The van der Waals surface area contributed by atoms with Gasteiger partial charge in [0.05, 0.1) is 55.7 Å². The molecular weight excluding hydrogens is 626 g/mol. The normalized spacial score (nSPS) is 22.5. The third-order valence-corrected chi connectivity index (χ3v) is 9.76. The number of nitrogens with one attached hydrogen (secondary N) is 3. The van der Waals surface area contributed by atoms with Gasteiger partial charge in [-0.2, -0.15) is 5.10 Å². The van der Waals surface area contributed by atoms with Crippen LogP contribution in [0.15, 0.2) is 47.8 Å². The first-order valence-corrected chi connectivity index (χ1v) is 17.0. The maximum Gasteiger partial charge on any atom is 0.406 e. The summed E-state index contributed by atoms with van der Waals surface area (Å²) in [4.78, 5) is 35.1. The lowest BCUT2D eigenvalue weighted by Crippen LogP contribution is -2.49. The summed E-state index contributed by atoms with van der Waals surface area (Å²) < 4.78 is 13.9. The number of rotatable bonds is 9. The van der Waals surface area contributed by atoms with E-state index < -0.39 is 6.09 Å². The molecule has 3 aliphatic rings. The second-order valence-corrected chi connectivity index (χ2v) is 13.0. The van der Waals surface area contributed by atoms with Crippen LogP contribution in [-0.2, 0) is 9.47 Å². The molecule has 0 unspecified atom stereocenters. The molecule has 4 aromatic rings. The van der Waals surface area contributed by atoms with E-state index in [1.807, 2.05) is 44.7 Å². The molecule has 0 bridgehead atoms. The Bertz CT molecular complexity index is 1800. The lowest BCUT2D eigenvalue weighted by Gasteiger charge is -2.36. The van der Waals surface area contributed by atoms with Crippen LogP contribution in [0.1, 0.15) is 50.1 Å². The number of anilines is 1. The maximum absolute atomic E-state index is 12.7. The van der Waals surface area contributed by atoms with Crippen molar-refractivity contribution in [2.45, 2.75) is 56.7 Å². The van der Waals surface area contributed by atoms with Gasteiger partial charge < -0.3 is 30.3 Å². The first kappa shape index (κ1) is 32.5. The number of ether oxygens (including phenoxy) is 2. The Labute approximate surface area is 284 Å². The van der Waals surface area contributed by atoms with E-state index in [1.54, 1.807) is 19.5 Å². The SMILES string of the molecule is CN=Cc1cnn2c(-c3cc(NC4CC(CNC(=O)OC)C4)c(-c4cn(C5CCC(NC(=O)N6CCOCC6)CC5)nn4)cn3)ccc2c1. The van der Waals surface area contributed by atoms with E-state index in [1.165, 1.54) is 7.11 Å². The van der Waals surface area contributed by atoms with Crippen molar-refractivity contribution in [1.29, 1.82) is 0 Å². The summed E-state index contributed by atoms with van der Waals surface area (Å²) in [6.45, 7) is 3.04. The zero-order valence-corrected chi connectivity index (χ0v) is 27.9. The van der Waals surface area contributed by atoms with E-state index in [2.05, 4.69) is 42.4 Å². The second-order valence-electron chi connectivity index (χ2n) is 13.0. The molecule has 15 nitrogen and oxygen atoms in total. The molecule has 0 radical (unpaired) electrons. The third-order valence-electron chi connectivity index (χ3n) is 9.76. The van der Waals surface area contributed by atoms with Crippen LogP contribution in [0.2, 0.25) is 0 Å². The van der Waals surface area contributed by atoms with E-state index in [0.29, 0.717) is 38.8 Å². The number of fused-ring (bicyclic) bond motifs is 1. The molecule has 2 saturated carbocycles. The Hall–Kier alpha value is -5.05. The minimum atomic E-state index is -0.408. The molecule has 7 rings (SSSR count). The summed E-state index contributed by atoms with van der Waals surface area (Å²) in [5.74, 6) is 0.371. The molecule has 0 aromatic carbocycles. The van der Waals surface area contributed by atoms with E-state index in [9.17, 15) is 9.59 Å². The molecule has 2 aliphatic carbocycles. The van der Waals surface area contributed by atoms with Crippen molar-refractivity contribution in [2.75, 3.05) is 52.3 Å². The summed E-state index contributed by atoms with van der Waals surface area (Å²) >= 11 is 0. The van der Waals surface area contributed by atoms with E-state index in [0.717, 1.165) is 77.9 Å². The summed E-state index contributed by atoms with van der Waals surface area (Å²) in [7, 11) is 3.12. The van der Waals surface area contributed by atoms with Gasteiger partial charge in [0.25, 0.3) is 0 Å².